The highest BCUT2D eigenvalue weighted by Crippen LogP contribution is 2.25. The molecule has 0 spiro atoms. The summed E-state index contributed by atoms with van der Waals surface area (Å²) in [7, 11) is 0. The van der Waals surface area contributed by atoms with Crippen LogP contribution in [0.5, 0.6) is 0 Å². The minimum absolute atomic E-state index is 0.00198. The molecule has 0 radical (unpaired) electrons. The van der Waals surface area contributed by atoms with Crippen LogP contribution in [0.4, 0.5) is 0 Å². The maximum atomic E-state index is 14.7. The highest BCUT2D eigenvalue weighted by atomic mass is 32.2. The van der Waals surface area contributed by atoms with E-state index in [9.17, 15) is 77.3 Å². The molecular weight excluding hydrogens is 1340 g/mol. The van der Waals surface area contributed by atoms with Crippen molar-refractivity contribution in [2.24, 2.45) is 45.9 Å². The molecule has 20 N–H and O–H groups in total. The van der Waals surface area contributed by atoms with Gasteiger partial charge in [0.2, 0.25) is 70.9 Å². The van der Waals surface area contributed by atoms with Crippen LogP contribution >= 0.6 is 11.8 Å². The molecule has 1 aromatic heterocycles. The van der Waals surface area contributed by atoms with Crippen molar-refractivity contribution in [2.45, 2.75) is 205 Å². The molecule has 34 heteroatoms. The van der Waals surface area contributed by atoms with E-state index in [0.29, 0.717) is 29.9 Å². The molecule has 1 aliphatic heterocycles. The molecule has 14 atom stereocenters. The van der Waals surface area contributed by atoms with Crippen LogP contribution in [0, 0.1) is 23.7 Å². The number of carbonyl (C=O) groups excluding carboxylic acids is 12. The molecule has 33 nitrogen and oxygen atoms in total. The van der Waals surface area contributed by atoms with Crippen molar-refractivity contribution in [3.63, 3.8) is 0 Å². The van der Waals surface area contributed by atoms with Crippen molar-refractivity contribution in [3.05, 3.63) is 79.4 Å². The predicted octanol–water partition coefficient (Wildman–Crippen LogP) is -1.10. The highest BCUT2D eigenvalue weighted by Gasteiger charge is 2.39. The van der Waals surface area contributed by atoms with E-state index in [1.165, 1.54) is 30.4 Å². The third kappa shape index (κ3) is 30.7. The number of hydrogen-bond acceptors (Lipinski definition) is 19. The van der Waals surface area contributed by atoms with E-state index in [1.54, 1.807) is 57.2 Å². The minimum atomic E-state index is -1.89. The van der Waals surface area contributed by atoms with Gasteiger partial charge in [0.25, 0.3) is 0 Å². The molecular formula is C68H105N17O16S. The molecule has 0 aliphatic carbocycles. The summed E-state index contributed by atoms with van der Waals surface area (Å²) in [4.78, 5) is 202. The van der Waals surface area contributed by atoms with Crippen LogP contribution in [-0.2, 0) is 80.0 Å². The number of carboxylic acids is 2. The SMILES string of the molecule is C=CCC(C)C(N)C1=NC(C(=O)NC(CC(C)C)C(=O)NC(CCC(=O)O)C(=O)NC(C(=O)NCC(=O)NC(CCCN)C(=O)NC(C(=O)NC(Cc2ccccc2)C(=O)NC(Cc2c[nH]cn2)C(=O)NC(CC(=O)O)C(=O)NC(CC(N)=O)C(=O)NCCCC)C(C)CC)C(C)CC=C)CS1. The molecule has 3 rings (SSSR count). The predicted molar refractivity (Wildman–Crippen MR) is 380 cm³/mol. The zero-order chi connectivity index (χ0) is 76.2. The van der Waals surface area contributed by atoms with Gasteiger partial charge in [-0.05, 0) is 80.7 Å². The highest BCUT2D eigenvalue weighted by molar-refractivity contribution is 8.14. The molecule has 12 amide bonds. The molecule has 2 heterocycles. The number of nitrogens with one attached hydrogen (secondary N) is 12. The summed E-state index contributed by atoms with van der Waals surface area (Å²) in [6.45, 7) is 19.4. The number of carbonyl (C=O) groups is 14. The van der Waals surface area contributed by atoms with Gasteiger partial charge in [0.1, 0.15) is 60.4 Å². The van der Waals surface area contributed by atoms with Crippen LogP contribution < -0.4 is 75.7 Å². The fraction of sp³-hybridized carbons (Fsp3) is 0.588. The maximum absolute atomic E-state index is 14.7. The molecule has 1 aliphatic rings. The summed E-state index contributed by atoms with van der Waals surface area (Å²) in [6.07, 6.45) is 5.12. The van der Waals surface area contributed by atoms with Crippen LogP contribution in [0.25, 0.3) is 0 Å². The number of imidazole rings is 1. The van der Waals surface area contributed by atoms with Crippen molar-refractivity contribution >= 4 is 99.6 Å². The summed E-state index contributed by atoms with van der Waals surface area (Å²) in [5.74, 6) is -15.0. The fourth-order valence-corrected chi connectivity index (χ4v) is 11.8. The van der Waals surface area contributed by atoms with Gasteiger partial charge in [-0.3, -0.25) is 72.1 Å². The third-order valence-electron chi connectivity index (χ3n) is 16.7. The number of primary amides is 1. The zero-order valence-corrected chi connectivity index (χ0v) is 60.0. The van der Waals surface area contributed by atoms with Gasteiger partial charge in [-0.1, -0.05) is 104 Å². The second-order valence-electron chi connectivity index (χ2n) is 25.7. The van der Waals surface area contributed by atoms with E-state index in [1.807, 2.05) is 27.7 Å². The number of nitrogens with two attached hydrogens (primary N) is 3. The number of amides is 12. The lowest BCUT2D eigenvalue weighted by atomic mass is 9.96. The summed E-state index contributed by atoms with van der Waals surface area (Å²) < 4.78 is 0. The molecule has 102 heavy (non-hydrogen) atoms. The van der Waals surface area contributed by atoms with Gasteiger partial charge in [-0.2, -0.15) is 0 Å². The normalized spacial score (nSPS) is 16.4. The van der Waals surface area contributed by atoms with E-state index in [0.717, 1.165) is 0 Å². The van der Waals surface area contributed by atoms with Crippen LogP contribution in [0.3, 0.4) is 0 Å². The Bertz CT molecular complexity index is 3210. The number of aliphatic imine (C=N–C) groups is 1. The van der Waals surface area contributed by atoms with E-state index >= 15 is 0 Å². The van der Waals surface area contributed by atoms with E-state index in [4.69, 9.17) is 17.2 Å². The Kier molecular flexibility index (Phi) is 38.5. The summed E-state index contributed by atoms with van der Waals surface area (Å²) in [5.41, 5.74) is 18.4. The fourth-order valence-electron chi connectivity index (χ4n) is 10.6. The maximum Gasteiger partial charge on any atom is 0.305 e. The van der Waals surface area contributed by atoms with Gasteiger partial charge in [0.15, 0.2) is 0 Å². The number of aromatic amines is 1. The summed E-state index contributed by atoms with van der Waals surface area (Å²) >= 11 is 1.33. The number of hydrogen-bond donors (Lipinski definition) is 17. The Morgan fingerprint density at radius 3 is 1.73 bits per heavy atom. The Balaban J connectivity index is 1.88. The number of nitrogens with zero attached hydrogens (tertiary/aromatic N) is 2. The van der Waals surface area contributed by atoms with Gasteiger partial charge in [0, 0.05) is 37.8 Å². The standard InChI is InChI=1S/C68H105N17O16S/c1-10-14-27-73-58(92)48(31-51(70)86)80-64(98)49(32-54(90)91)81-63(97)47(30-42-33-72-36-75-42)79-62(96)46(29-41-21-16-15-17-22-41)82-67(101)56(38(7)13-4)84-59(93)43(23-18-26-69)76-52(87)34-74-66(100)57(40(9)20-12-3)85-60(94)44(24-25-53(88)89)77-61(95)45(28-37(5)6)78-65(99)50-35-102-68(83-50)55(71)39(8)19-11-2/h11-12,15-17,21-22,33,36-40,43-50,55-57H,2-3,10,13-14,18-20,23-32,34-35,69,71H2,1,4-9H3,(H2,70,86)(H,72,75)(H,73,92)(H,74,100)(H,76,87)(H,77,95)(H,78,99)(H,79,96)(H,80,98)(H,81,97)(H,82,101)(H,84,93)(H,85,94)(H,88,89)(H,90,91). The van der Waals surface area contributed by atoms with Gasteiger partial charge in [-0.15, -0.1) is 24.9 Å². The van der Waals surface area contributed by atoms with Crippen LogP contribution in [0.2, 0.25) is 0 Å². The lowest BCUT2D eigenvalue weighted by Gasteiger charge is -2.29. The summed E-state index contributed by atoms with van der Waals surface area (Å²) in [5, 5.41) is 48.3. The molecule has 1 aromatic carbocycles. The number of rotatable bonds is 49. The van der Waals surface area contributed by atoms with Gasteiger partial charge in [0.05, 0.1) is 42.5 Å². The van der Waals surface area contributed by atoms with Crippen LogP contribution in [-0.4, -0.2) is 200 Å². The smallest absolute Gasteiger partial charge is 0.305 e. The number of carboxylic acid groups (broad SMARTS) is 2. The van der Waals surface area contributed by atoms with Crippen LogP contribution in [0.15, 0.2) is 73.2 Å². The second-order valence-corrected chi connectivity index (χ2v) is 26.8. The number of H-pyrrole nitrogens is 1. The van der Waals surface area contributed by atoms with Crippen molar-refractivity contribution in [2.75, 3.05) is 25.4 Å². The van der Waals surface area contributed by atoms with Gasteiger partial charge in [-0.25, -0.2) is 4.98 Å². The molecule has 14 unspecified atom stereocenters. The minimum Gasteiger partial charge on any atom is -0.481 e. The summed E-state index contributed by atoms with van der Waals surface area (Å²) in [6, 6.07) is -6.49. The number of aliphatic carboxylic acids is 2. The van der Waals surface area contributed by atoms with Crippen molar-refractivity contribution < 1.29 is 77.3 Å². The number of aromatic nitrogens is 2. The lowest BCUT2D eigenvalue weighted by molar-refractivity contribution is -0.142. The molecule has 0 saturated heterocycles. The van der Waals surface area contributed by atoms with Crippen molar-refractivity contribution in [1.29, 1.82) is 0 Å². The Labute approximate surface area is 598 Å². The molecule has 0 saturated carbocycles. The first kappa shape index (κ1) is 86.7. The van der Waals surface area contributed by atoms with E-state index < -0.39 is 193 Å². The van der Waals surface area contributed by atoms with Crippen molar-refractivity contribution in [3.8, 4) is 0 Å². The van der Waals surface area contributed by atoms with Crippen molar-refractivity contribution in [1.82, 2.24) is 68.5 Å². The average Bonchev–Trinajstić information content (AvgIpc) is 1.35. The number of allylic oxidation sites excluding steroid dienone is 2. The Hall–Kier alpha value is -9.57. The van der Waals surface area contributed by atoms with E-state index in [2.05, 4.69) is 86.6 Å². The zero-order valence-electron chi connectivity index (χ0n) is 59.1. The first-order valence-electron chi connectivity index (χ1n) is 34.3. The first-order valence-corrected chi connectivity index (χ1v) is 35.2. The molecule has 0 bridgehead atoms. The van der Waals surface area contributed by atoms with Gasteiger partial charge >= 0.3 is 11.9 Å². The third-order valence-corrected chi connectivity index (χ3v) is 17.8. The van der Waals surface area contributed by atoms with Crippen LogP contribution in [0.1, 0.15) is 137 Å². The largest absolute Gasteiger partial charge is 0.481 e. The lowest BCUT2D eigenvalue weighted by Crippen LogP contribution is -2.61. The monoisotopic (exact) mass is 1450 g/mol. The Morgan fingerprint density at radius 1 is 0.618 bits per heavy atom. The molecule has 0 fully saturated rings. The van der Waals surface area contributed by atoms with E-state index in [-0.39, 0.29) is 81.3 Å². The molecule has 564 valence electrons. The number of benzene rings is 1. The van der Waals surface area contributed by atoms with Gasteiger partial charge < -0.3 is 90.9 Å². The average molecular weight is 1450 g/mol. The quantitative estimate of drug-likeness (QED) is 0.0276. The number of thioether (sulfide) groups is 1. The second kappa shape index (κ2) is 45.3. The first-order chi connectivity index (χ1) is 48.4. The Morgan fingerprint density at radius 2 is 1.17 bits per heavy atom. The topological polar surface area (TPSA) is 531 Å². The number of unbranched alkanes of at least 4 members (excludes halogenated alkanes) is 1. The molecule has 2 aromatic rings.